The van der Waals surface area contributed by atoms with Crippen molar-refractivity contribution in [1.29, 1.82) is 0 Å². The third-order valence-electron chi connectivity index (χ3n) is 6.36. The van der Waals surface area contributed by atoms with Crippen LogP contribution in [0.4, 0.5) is 19.7 Å². The van der Waals surface area contributed by atoms with Crippen LogP contribution in [0.3, 0.4) is 0 Å². The van der Waals surface area contributed by atoms with Crippen molar-refractivity contribution in [1.82, 2.24) is 15.5 Å². The predicted octanol–water partition coefficient (Wildman–Crippen LogP) is 2.58. The van der Waals surface area contributed by atoms with Gasteiger partial charge in [-0.2, -0.15) is 0 Å². The van der Waals surface area contributed by atoms with Gasteiger partial charge in [-0.3, -0.25) is 14.5 Å². The number of carbonyl (C=O) groups excluding carboxylic acids is 4. The van der Waals surface area contributed by atoms with Crippen molar-refractivity contribution in [3.05, 3.63) is 59.9 Å². The Hall–Kier alpha value is -4.35. The van der Waals surface area contributed by atoms with Crippen molar-refractivity contribution in [3.63, 3.8) is 0 Å². The molecule has 208 valence electrons. The first-order valence-electron chi connectivity index (χ1n) is 12.7. The summed E-state index contributed by atoms with van der Waals surface area (Å²) in [7, 11) is 0. The minimum Gasteiger partial charge on any atom is -0.487 e. The van der Waals surface area contributed by atoms with Gasteiger partial charge in [0.25, 0.3) is 0 Å². The molecule has 2 heterocycles. The Balaban J connectivity index is 1.19. The van der Waals surface area contributed by atoms with E-state index in [1.807, 2.05) is 30.3 Å². The van der Waals surface area contributed by atoms with Crippen LogP contribution in [0.25, 0.3) is 0 Å². The third-order valence-corrected chi connectivity index (χ3v) is 6.36. The van der Waals surface area contributed by atoms with Crippen molar-refractivity contribution in [2.24, 2.45) is 0 Å². The number of hydrogen-bond acceptors (Lipinski definition) is 7. The second kappa shape index (κ2) is 12.9. The number of hydrogen-bond donors (Lipinski definition) is 2. The Bertz CT molecular complexity index is 1190. The smallest absolute Gasteiger partial charge is 0.414 e. The molecule has 2 aliphatic rings. The summed E-state index contributed by atoms with van der Waals surface area (Å²) in [5.74, 6) is -1.05. The van der Waals surface area contributed by atoms with Gasteiger partial charge in [0.1, 0.15) is 25.4 Å². The van der Waals surface area contributed by atoms with Gasteiger partial charge in [0.15, 0.2) is 11.6 Å². The molecule has 4 amide bonds. The van der Waals surface area contributed by atoms with Gasteiger partial charge < -0.3 is 29.7 Å². The molecule has 39 heavy (non-hydrogen) atoms. The van der Waals surface area contributed by atoms with Gasteiger partial charge in [0.05, 0.1) is 18.8 Å². The number of anilines is 1. The van der Waals surface area contributed by atoms with Gasteiger partial charge >= 0.3 is 12.2 Å². The first-order valence-corrected chi connectivity index (χ1v) is 12.7. The maximum Gasteiger partial charge on any atom is 0.414 e. The minimum atomic E-state index is -0.671. The molecular formula is C27H31FN4O7. The molecule has 0 radical (unpaired) electrons. The summed E-state index contributed by atoms with van der Waals surface area (Å²) in [5.41, 5.74) is 1.17. The fraction of sp³-hybridized carbons (Fsp3) is 0.407. The first kappa shape index (κ1) is 27.7. The molecule has 11 nitrogen and oxygen atoms in total. The molecule has 2 aliphatic heterocycles. The van der Waals surface area contributed by atoms with Crippen molar-refractivity contribution in [3.8, 4) is 5.75 Å². The topological polar surface area (TPSA) is 127 Å². The van der Waals surface area contributed by atoms with Crippen molar-refractivity contribution >= 4 is 29.7 Å². The fourth-order valence-corrected chi connectivity index (χ4v) is 4.29. The van der Waals surface area contributed by atoms with Crippen LogP contribution in [0.1, 0.15) is 25.3 Å². The molecule has 2 aromatic carbocycles. The summed E-state index contributed by atoms with van der Waals surface area (Å²) in [4.78, 5) is 50.5. The zero-order valence-electron chi connectivity index (χ0n) is 21.6. The number of alkyl carbamates (subject to hydrolysis) is 1. The molecule has 0 spiro atoms. The fourth-order valence-electron chi connectivity index (χ4n) is 4.29. The van der Waals surface area contributed by atoms with Crippen LogP contribution in [0.2, 0.25) is 0 Å². The van der Waals surface area contributed by atoms with Crippen LogP contribution >= 0.6 is 0 Å². The minimum absolute atomic E-state index is 0.0497. The molecular weight excluding hydrogens is 511 g/mol. The van der Waals surface area contributed by atoms with Gasteiger partial charge in [0, 0.05) is 38.9 Å². The number of ether oxygens (including phenoxy) is 3. The van der Waals surface area contributed by atoms with Crippen LogP contribution in [0.15, 0.2) is 48.5 Å². The number of halogens is 1. The van der Waals surface area contributed by atoms with Gasteiger partial charge in [-0.1, -0.05) is 30.3 Å². The van der Waals surface area contributed by atoms with E-state index in [0.717, 1.165) is 5.56 Å². The molecule has 0 saturated carbocycles. The lowest BCUT2D eigenvalue weighted by molar-refractivity contribution is -0.132. The van der Waals surface area contributed by atoms with E-state index in [9.17, 15) is 23.6 Å². The summed E-state index contributed by atoms with van der Waals surface area (Å²) in [6.07, 6.45) is -1.12. The number of piperidine rings is 1. The SMILES string of the molecule is CC(=O)NC[C@H]1CN(c2ccc(OC3CCN(C(=O)CNC(=O)OCc4ccccc4)CC3)c(F)c2)C(=O)O1. The van der Waals surface area contributed by atoms with Gasteiger partial charge in [0.2, 0.25) is 11.8 Å². The normalized spacial score (nSPS) is 17.4. The lowest BCUT2D eigenvalue weighted by Crippen LogP contribution is -2.46. The van der Waals surface area contributed by atoms with E-state index in [0.29, 0.717) is 31.6 Å². The van der Waals surface area contributed by atoms with Gasteiger partial charge in [-0.05, 0) is 17.7 Å². The molecule has 4 rings (SSSR count). The van der Waals surface area contributed by atoms with Crippen molar-refractivity contribution in [2.45, 2.75) is 38.6 Å². The maximum atomic E-state index is 14.8. The van der Waals surface area contributed by atoms with E-state index < -0.39 is 24.1 Å². The highest BCUT2D eigenvalue weighted by Gasteiger charge is 2.33. The lowest BCUT2D eigenvalue weighted by Gasteiger charge is -2.32. The Labute approximate surface area is 225 Å². The van der Waals surface area contributed by atoms with E-state index in [1.54, 1.807) is 11.0 Å². The average Bonchev–Trinajstić information content (AvgIpc) is 3.31. The molecule has 2 saturated heterocycles. The number of amides is 4. The quantitative estimate of drug-likeness (QED) is 0.499. The second-order valence-electron chi connectivity index (χ2n) is 9.28. The van der Waals surface area contributed by atoms with Crippen LogP contribution in [-0.4, -0.2) is 73.8 Å². The first-order chi connectivity index (χ1) is 18.8. The molecule has 0 bridgehead atoms. The number of rotatable bonds is 9. The van der Waals surface area contributed by atoms with Gasteiger partial charge in [-0.25, -0.2) is 14.0 Å². The largest absolute Gasteiger partial charge is 0.487 e. The second-order valence-corrected chi connectivity index (χ2v) is 9.28. The number of cyclic esters (lactones) is 1. The molecule has 2 aromatic rings. The van der Waals surface area contributed by atoms with Crippen LogP contribution in [0, 0.1) is 5.82 Å². The third kappa shape index (κ3) is 7.82. The molecule has 12 heteroatoms. The highest BCUT2D eigenvalue weighted by molar-refractivity contribution is 5.90. The number of likely N-dealkylation sites (tertiary alicyclic amines) is 1. The zero-order chi connectivity index (χ0) is 27.8. The summed E-state index contributed by atoms with van der Waals surface area (Å²) < 4.78 is 31.0. The molecule has 1 atom stereocenters. The Morgan fingerprint density at radius 3 is 2.51 bits per heavy atom. The summed E-state index contributed by atoms with van der Waals surface area (Å²) in [6, 6.07) is 13.5. The van der Waals surface area contributed by atoms with E-state index in [2.05, 4.69) is 10.6 Å². The van der Waals surface area contributed by atoms with Crippen molar-refractivity contribution in [2.75, 3.05) is 37.6 Å². The van der Waals surface area contributed by atoms with E-state index >= 15 is 0 Å². The molecule has 0 aliphatic carbocycles. The Kier molecular flexibility index (Phi) is 9.18. The number of nitrogens with one attached hydrogen (secondary N) is 2. The standard InChI is InChI=1S/C27H31FN4O7/c1-18(33)29-14-22-16-32(27(36)39-22)20-7-8-24(23(28)13-20)38-21-9-11-31(12-10-21)25(34)15-30-26(35)37-17-19-5-3-2-4-6-19/h2-8,13,21-22H,9-12,14-17H2,1H3,(H,29,33)(H,30,35)/t22-/m0/s1. The lowest BCUT2D eigenvalue weighted by atomic mass is 10.1. The van der Waals surface area contributed by atoms with E-state index in [4.69, 9.17) is 14.2 Å². The summed E-state index contributed by atoms with van der Waals surface area (Å²) in [5, 5.41) is 5.06. The Morgan fingerprint density at radius 2 is 1.82 bits per heavy atom. The molecule has 2 N–H and O–H groups in total. The number of nitrogens with zero attached hydrogens (tertiary/aromatic N) is 2. The van der Waals surface area contributed by atoms with Crippen LogP contribution < -0.4 is 20.3 Å². The van der Waals surface area contributed by atoms with Crippen LogP contribution in [-0.2, 0) is 25.7 Å². The van der Waals surface area contributed by atoms with E-state index in [1.165, 1.54) is 24.0 Å². The molecule has 0 unspecified atom stereocenters. The predicted molar refractivity (Wildman–Crippen MR) is 138 cm³/mol. The monoisotopic (exact) mass is 542 g/mol. The van der Waals surface area contributed by atoms with E-state index in [-0.39, 0.29) is 49.9 Å². The summed E-state index contributed by atoms with van der Waals surface area (Å²) >= 11 is 0. The molecule has 0 aromatic heterocycles. The average molecular weight is 543 g/mol. The maximum absolute atomic E-state index is 14.8. The van der Waals surface area contributed by atoms with Gasteiger partial charge in [-0.15, -0.1) is 0 Å². The highest BCUT2D eigenvalue weighted by Crippen LogP contribution is 2.29. The Morgan fingerprint density at radius 1 is 1.08 bits per heavy atom. The highest BCUT2D eigenvalue weighted by atomic mass is 19.1. The van der Waals surface area contributed by atoms with Crippen molar-refractivity contribution < 1.29 is 37.8 Å². The number of benzene rings is 2. The summed E-state index contributed by atoms with van der Waals surface area (Å²) in [6.45, 7) is 2.47. The zero-order valence-corrected chi connectivity index (χ0v) is 21.6. The molecule has 2 fully saturated rings. The number of carbonyl (C=O) groups is 4. The van der Waals surface area contributed by atoms with Crippen LogP contribution in [0.5, 0.6) is 5.75 Å².